The van der Waals surface area contributed by atoms with Gasteiger partial charge in [-0.15, -0.1) is 0 Å². The van der Waals surface area contributed by atoms with E-state index in [2.05, 4.69) is 9.71 Å². The number of hydrogen-bond donors (Lipinski definition) is 2. The number of aromatic carboxylic acids is 1. The summed E-state index contributed by atoms with van der Waals surface area (Å²) >= 11 is 0. The topological polar surface area (TPSA) is 96.4 Å². The van der Waals surface area contributed by atoms with Crippen LogP contribution in [0.5, 0.6) is 0 Å². The molecule has 0 bridgehead atoms. The summed E-state index contributed by atoms with van der Waals surface area (Å²) in [5, 5.41) is 10.1. The van der Waals surface area contributed by atoms with Crippen LogP contribution in [0.15, 0.2) is 59.8 Å². The molecule has 0 aliphatic rings. The van der Waals surface area contributed by atoms with Gasteiger partial charge in [0.25, 0.3) is 10.0 Å². The lowest BCUT2D eigenvalue weighted by Crippen LogP contribution is -2.13. The zero-order valence-electron chi connectivity index (χ0n) is 12.7. The van der Waals surface area contributed by atoms with Gasteiger partial charge >= 0.3 is 5.97 Å². The van der Waals surface area contributed by atoms with Crippen molar-refractivity contribution < 1.29 is 18.3 Å². The Bertz CT molecular complexity index is 1030. The van der Waals surface area contributed by atoms with Crippen LogP contribution < -0.4 is 4.72 Å². The molecule has 3 aromatic rings. The van der Waals surface area contributed by atoms with Crippen molar-refractivity contribution in [2.75, 3.05) is 4.72 Å². The van der Waals surface area contributed by atoms with Crippen LogP contribution in [0.1, 0.15) is 15.9 Å². The molecule has 2 N–H and O–H groups in total. The Morgan fingerprint density at radius 1 is 1.04 bits per heavy atom. The van der Waals surface area contributed by atoms with Crippen LogP contribution in [0.25, 0.3) is 10.8 Å². The van der Waals surface area contributed by atoms with Crippen molar-refractivity contribution in [3.63, 3.8) is 0 Å². The molecular formula is C17H14N2O4S. The van der Waals surface area contributed by atoms with Crippen molar-refractivity contribution in [2.24, 2.45) is 0 Å². The average molecular weight is 342 g/mol. The van der Waals surface area contributed by atoms with Gasteiger partial charge in [-0.05, 0) is 37.3 Å². The van der Waals surface area contributed by atoms with Crippen molar-refractivity contribution in [1.29, 1.82) is 0 Å². The molecule has 0 aliphatic heterocycles. The Morgan fingerprint density at radius 2 is 1.75 bits per heavy atom. The van der Waals surface area contributed by atoms with Gasteiger partial charge in [-0.1, -0.05) is 17.7 Å². The van der Waals surface area contributed by atoms with Gasteiger partial charge in [0.1, 0.15) is 0 Å². The van der Waals surface area contributed by atoms with E-state index < -0.39 is 16.0 Å². The zero-order chi connectivity index (χ0) is 17.3. The number of anilines is 1. The number of nitrogens with zero attached hydrogens (tertiary/aromatic N) is 1. The van der Waals surface area contributed by atoms with E-state index in [1.54, 1.807) is 18.2 Å². The predicted molar refractivity (Wildman–Crippen MR) is 90.7 cm³/mol. The second kappa shape index (κ2) is 5.93. The molecule has 0 aliphatic carbocycles. The minimum Gasteiger partial charge on any atom is -0.478 e. The molecule has 2 aromatic carbocycles. The van der Waals surface area contributed by atoms with Crippen LogP contribution in [0.3, 0.4) is 0 Å². The van der Waals surface area contributed by atoms with E-state index in [0.29, 0.717) is 10.8 Å². The fourth-order valence-electron chi connectivity index (χ4n) is 2.39. The number of carboxylic acid groups (broad SMARTS) is 1. The van der Waals surface area contributed by atoms with Gasteiger partial charge < -0.3 is 5.11 Å². The van der Waals surface area contributed by atoms with Crippen LogP contribution in [-0.2, 0) is 10.0 Å². The van der Waals surface area contributed by atoms with E-state index in [4.69, 9.17) is 0 Å². The lowest BCUT2D eigenvalue weighted by Gasteiger charge is -2.12. The van der Waals surface area contributed by atoms with Crippen molar-refractivity contribution in [1.82, 2.24) is 4.98 Å². The van der Waals surface area contributed by atoms with Crippen LogP contribution in [0, 0.1) is 6.92 Å². The summed E-state index contributed by atoms with van der Waals surface area (Å²) in [5.41, 5.74) is 1.32. The number of pyridine rings is 1. The highest BCUT2D eigenvalue weighted by molar-refractivity contribution is 7.92. The molecule has 0 saturated carbocycles. The van der Waals surface area contributed by atoms with Crippen molar-refractivity contribution in [2.45, 2.75) is 11.8 Å². The number of fused-ring (bicyclic) bond motifs is 1. The smallest absolute Gasteiger partial charge is 0.336 e. The molecule has 7 heteroatoms. The fourth-order valence-corrected chi connectivity index (χ4v) is 3.47. The summed E-state index contributed by atoms with van der Waals surface area (Å²) in [5.74, 6) is -1.08. The second-order valence-corrected chi connectivity index (χ2v) is 6.99. The third-order valence-corrected chi connectivity index (χ3v) is 5.01. The van der Waals surface area contributed by atoms with E-state index >= 15 is 0 Å². The van der Waals surface area contributed by atoms with E-state index in [0.717, 1.165) is 5.56 Å². The third-order valence-electron chi connectivity index (χ3n) is 3.62. The molecule has 0 saturated heterocycles. The molecule has 0 spiro atoms. The zero-order valence-corrected chi connectivity index (χ0v) is 13.5. The first kappa shape index (κ1) is 15.9. The molecule has 0 fully saturated rings. The summed E-state index contributed by atoms with van der Waals surface area (Å²) in [4.78, 5) is 15.4. The van der Waals surface area contributed by atoms with Gasteiger partial charge in [0.05, 0.1) is 16.1 Å². The highest BCUT2D eigenvalue weighted by atomic mass is 32.2. The number of rotatable bonds is 4. The molecule has 0 radical (unpaired) electrons. The van der Waals surface area contributed by atoms with Crippen molar-refractivity contribution in [3.05, 3.63) is 66.0 Å². The minimum atomic E-state index is -3.78. The standard InChI is InChI=1S/C17H14N2O4S/c1-11-2-4-12(5-3-11)24(22,23)19-16-7-6-14(17(20)21)13-8-9-18-10-15(13)16/h2-10,19H,1H3,(H,20,21). The lowest BCUT2D eigenvalue weighted by atomic mass is 10.1. The lowest BCUT2D eigenvalue weighted by molar-refractivity contribution is 0.0699. The molecule has 122 valence electrons. The van der Waals surface area contributed by atoms with Crippen LogP contribution in [0.4, 0.5) is 5.69 Å². The highest BCUT2D eigenvalue weighted by Crippen LogP contribution is 2.28. The maximum atomic E-state index is 12.5. The maximum absolute atomic E-state index is 12.5. The summed E-state index contributed by atoms with van der Waals surface area (Å²) in [7, 11) is -3.78. The Hall–Kier alpha value is -2.93. The summed E-state index contributed by atoms with van der Waals surface area (Å²) in [6, 6.07) is 10.8. The number of sulfonamides is 1. The Kier molecular flexibility index (Phi) is 3.94. The van der Waals surface area contributed by atoms with Gasteiger partial charge in [0.2, 0.25) is 0 Å². The van der Waals surface area contributed by atoms with Crippen molar-refractivity contribution in [3.8, 4) is 0 Å². The quantitative estimate of drug-likeness (QED) is 0.759. The molecule has 1 aromatic heterocycles. The van der Waals surface area contributed by atoms with Crippen LogP contribution in [-0.4, -0.2) is 24.5 Å². The normalized spacial score (nSPS) is 11.4. The molecule has 1 heterocycles. The molecule has 6 nitrogen and oxygen atoms in total. The number of carboxylic acids is 1. The summed E-state index contributed by atoms with van der Waals surface area (Å²) in [6.45, 7) is 1.87. The second-order valence-electron chi connectivity index (χ2n) is 5.31. The van der Waals surface area contributed by atoms with E-state index in [-0.39, 0.29) is 16.1 Å². The largest absolute Gasteiger partial charge is 0.478 e. The average Bonchev–Trinajstić information content (AvgIpc) is 2.55. The minimum absolute atomic E-state index is 0.0886. The Balaban J connectivity index is 2.09. The SMILES string of the molecule is Cc1ccc(S(=O)(=O)Nc2ccc(C(=O)O)c3ccncc23)cc1. The maximum Gasteiger partial charge on any atom is 0.336 e. The molecular weight excluding hydrogens is 328 g/mol. The first-order chi connectivity index (χ1) is 11.4. The molecule has 24 heavy (non-hydrogen) atoms. The van der Waals surface area contributed by atoms with Gasteiger partial charge in [-0.25, -0.2) is 13.2 Å². The number of carbonyl (C=O) groups is 1. The third kappa shape index (κ3) is 2.93. The first-order valence-corrected chi connectivity index (χ1v) is 8.56. The van der Waals surface area contributed by atoms with E-state index in [1.807, 2.05) is 6.92 Å². The number of aromatic nitrogens is 1. The fraction of sp³-hybridized carbons (Fsp3) is 0.0588. The molecule has 0 atom stereocenters. The van der Waals surface area contributed by atoms with Crippen LogP contribution >= 0.6 is 0 Å². The van der Waals surface area contributed by atoms with Gasteiger partial charge in [-0.2, -0.15) is 0 Å². The Labute approximate surface area is 138 Å². The highest BCUT2D eigenvalue weighted by Gasteiger charge is 2.17. The van der Waals surface area contributed by atoms with E-state index in [1.165, 1.54) is 36.7 Å². The van der Waals surface area contributed by atoms with Gasteiger partial charge in [0, 0.05) is 23.2 Å². The number of nitrogens with one attached hydrogen (secondary N) is 1. The number of aryl methyl sites for hydroxylation is 1. The first-order valence-electron chi connectivity index (χ1n) is 7.08. The van der Waals surface area contributed by atoms with Crippen molar-refractivity contribution >= 4 is 32.5 Å². The number of benzene rings is 2. The van der Waals surface area contributed by atoms with Crippen LogP contribution in [0.2, 0.25) is 0 Å². The van der Waals surface area contributed by atoms with E-state index in [9.17, 15) is 18.3 Å². The summed E-state index contributed by atoms with van der Waals surface area (Å²) < 4.78 is 27.6. The summed E-state index contributed by atoms with van der Waals surface area (Å²) in [6.07, 6.45) is 2.90. The number of hydrogen-bond acceptors (Lipinski definition) is 4. The molecule has 0 amide bonds. The predicted octanol–water partition coefficient (Wildman–Crippen LogP) is 3.04. The van der Waals surface area contributed by atoms with Gasteiger partial charge in [0.15, 0.2) is 0 Å². The molecule has 3 rings (SSSR count). The molecule has 0 unspecified atom stereocenters. The Morgan fingerprint density at radius 3 is 2.42 bits per heavy atom. The van der Waals surface area contributed by atoms with Gasteiger partial charge in [-0.3, -0.25) is 9.71 Å². The monoisotopic (exact) mass is 342 g/mol.